The highest BCUT2D eigenvalue weighted by Crippen LogP contribution is 2.26. The summed E-state index contributed by atoms with van der Waals surface area (Å²) in [6.07, 6.45) is 0. The SMILES string of the molecule is CNCc1ccc(OCc2ccc(C)c(C)c2)c(Cl)c1. The predicted octanol–water partition coefficient (Wildman–Crippen LogP) is 4.26. The van der Waals surface area contributed by atoms with Crippen molar-refractivity contribution >= 4 is 11.6 Å². The molecule has 3 heteroatoms. The smallest absolute Gasteiger partial charge is 0.138 e. The fourth-order valence-electron chi connectivity index (χ4n) is 2.03. The molecule has 0 radical (unpaired) electrons. The van der Waals surface area contributed by atoms with Gasteiger partial charge in [-0.15, -0.1) is 0 Å². The molecular formula is C17H20ClNO. The van der Waals surface area contributed by atoms with Crippen LogP contribution in [0, 0.1) is 13.8 Å². The zero-order chi connectivity index (χ0) is 14.5. The first-order chi connectivity index (χ1) is 9.60. The van der Waals surface area contributed by atoms with Crippen LogP contribution < -0.4 is 10.1 Å². The minimum Gasteiger partial charge on any atom is -0.487 e. The van der Waals surface area contributed by atoms with Crippen molar-refractivity contribution in [3.63, 3.8) is 0 Å². The first-order valence-corrected chi connectivity index (χ1v) is 7.10. The van der Waals surface area contributed by atoms with Crippen molar-refractivity contribution in [2.75, 3.05) is 7.05 Å². The fraction of sp³-hybridized carbons (Fsp3) is 0.294. The molecule has 0 aliphatic heterocycles. The molecule has 2 aromatic carbocycles. The Morgan fingerprint density at radius 2 is 1.75 bits per heavy atom. The number of hydrogen-bond acceptors (Lipinski definition) is 2. The Labute approximate surface area is 125 Å². The van der Waals surface area contributed by atoms with Gasteiger partial charge in [-0.05, 0) is 55.3 Å². The highest BCUT2D eigenvalue weighted by Gasteiger charge is 2.04. The van der Waals surface area contributed by atoms with Crippen LogP contribution in [0.4, 0.5) is 0 Å². The van der Waals surface area contributed by atoms with Gasteiger partial charge in [0, 0.05) is 6.54 Å². The maximum atomic E-state index is 6.24. The van der Waals surface area contributed by atoms with E-state index in [0.29, 0.717) is 11.6 Å². The van der Waals surface area contributed by atoms with E-state index in [1.807, 2.05) is 25.2 Å². The first kappa shape index (κ1) is 14.9. The summed E-state index contributed by atoms with van der Waals surface area (Å²) in [6, 6.07) is 12.2. The van der Waals surface area contributed by atoms with Crippen LogP contribution in [0.2, 0.25) is 5.02 Å². The molecular weight excluding hydrogens is 270 g/mol. The summed E-state index contributed by atoms with van der Waals surface area (Å²) in [6.45, 7) is 5.55. The fourth-order valence-corrected chi connectivity index (χ4v) is 2.29. The van der Waals surface area contributed by atoms with Gasteiger partial charge in [-0.1, -0.05) is 35.9 Å². The molecule has 0 aromatic heterocycles. The third-order valence-corrected chi connectivity index (χ3v) is 3.64. The number of ether oxygens (including phenoxy) is 1. The van der Waals surface area contributed by atoms with Crippen LogP contribution in [0.1, 0.15) is 22.3 Å². The Bertz CT molecular complexity index is 596. The highest BCUT2D eigenvalue weighted by atomic mass is 35.5. The van der Waals surface area contributed by atoms with Crippen molar-refractivity contribution in [3.05, 3.63) is 63.7 Å². The molecule has 0 saturated carbocycles. The van der Waals surface area contributed by atoms with E-state index in [0.717, 1.165) is 23.4 Å². The number of nitrogens with one attached hydrogen (secondary N) is 1. The Hall–Kier alpha value is -1.51. The van der Waals surface area contributed by atoms with E-state index >= 15 is 0 Å². The number of benzene rings is 2. The Kier molecular flexibility index (Phi) is 5.05. The van der Waals surface area contributed by atoms with Crippen molar-refractivity contribution < 1.29 is 4.74 Å². The lowest BCUT2D eigenvalue weighted by Gasteiger charge is -2.10. The topological polar surface area (TPSA) is 21.3 Å². The van der Waals surface area contributed by atoms with E-state index in [9.17, 15) is 0 Å². The van der Waals surface area contributed by atoms with Crippen molar-refractivity contribution in [1.82, 2.24) is 5.32 Å². The Morgan fingerprint density at radius 1 is 1.00 bits per heavy atom. The average molecular weight is 290 g/mol. The number of hydrogen-bond donors (Lipinski definition) is 1. The molecule has 0 bridgehead atoms. The second-order valence-corrected chi connectivity index (χ2v) is 5.41. The molecule has 20 heavy (non-hydrogen) atoms. The second kappa shape index (κ2) is 6.78. The molecule has 0 spiro atoms. The van der Waals surface area contributed by atoms with Gasteiger partial charge in [-0.25, -0.2) is 0 Å². The summed E-state index contributed by atoms with van der Waals surface area (Å²) in [7, 11) is 1.91. The number of rotatable bonds is 5. The van der Waals surface area contributed by atoms with Gasteiger partial charge in [-0.2, -0.15) is 0 Å². The van der Waals surface area contributed by atoms with E-state index in [4.69, 9.17) is 16.3 Å². The number of halogens is 1. The van der Waals surface area contributed by atoms with Gasteiger partial charge in [0.1, 0.15) is 12.4 Å². The van der Waals surface area contributed by atoms with Crippen molar-refractivity contribution in [2.24, 2.45) is 0 Å². The van der Waals surface area contributed by atoms with Gasteiger partial charge < -0.3 is 10.1 Å². The van der Waals surface area contributed by atoms with E-state index < -0.39 is 0 Å². The van der Waals surface area contributed by atoms with Crippen molar-refractivity contribution in [2.45, 2.75) is 27.0 Å². The summed E-state index contributed by atoms with van der Waals surface area (Å²) in [5.74, 6) is 0.727. The van der Waals surface area contributed by atoms with Crippen LogP contribution >= 0.6 is 11.6 Å². The average Bonchev–Trinajstić information content (AvgIpc) is 2.42. The zero-order valence-corrected chi connectivity index (χ0v) is 12.9. The van der Waals surface area contributed by atoms with Crippen LogP contribution in [-0.4, -0.2) is 7.05 Å². The van der Waals surface area contributed by atoms with Gasteiger partial charge in [0.2, 0.25) is 0 Å². The standard InChI is InChI=1S/C17H20ClNO/c1-12-4-5-15(8-13(12)2)11-20-17-7-6-14(10-19-3)9-16(17)18/h4-9,19H,10-11H2,1-3H3. The zero-order valence-electron chi connectivity index (χ0n) is 12.2. The molecule has 2 aromatic rings. The van der Waals surface area contributed by atoms with Gasteiger partial charge in [0.25, 0.3) is 0 Å². The van der Waals surface area contributed by atoms with Crippen molar-refractivity contribution in [1.29, 1.82) is 0 Å². The van der Waals surface area contributed by atoms with Gasteiger partial charge in [-0.3, -0.25) is 0 Å². The third-order valence-electron chi connectivity index (χ3n) is 3.34. The maximum absolute atomic E-state index is 6.24. The quantitative estimate of drug-likeness (QED) is 0.888. The lowest BCUT2D eigenvalue weighted by atomic mass is 10.1. The highest BCUT2D eigenvalue weighted by molar-refractivity contribution is 6.32. The second-order valence-electron chi connectivity index (χ2n) is 5.00. The molecule has 2 rings (SSSR count). The van der Waals surface area contributed by atoms with Crippen LogP contribution in [0.3, 0.4) is 0 Å². The van der Waals surface area contributed by atoms with Crippen LogP contribution in [-0.2, 0) is 13.2 Å². The summed E-state index contributed by atoms with van der Waals surface area (Å²) in [5.41, 5.74) is 4.88. The minimum atomic E-state index is 0.534. The van der Waals surface area contributed by atoms with E-state index in [-0.39, 0.29) is 0 Å². The molecule has 0 aliphatic carbocycles. The molecule has 0 fully saturated rings. The lowest BCUT2D eigenvalue weighted by Crippen LogP contribution is -2.05. The molecule has 0 heterocycles. The minimum absolute atomic E-state index is 0.534. The number of aryl methyl sites for hydroxylation is 2. The summed E-state index contributed by atoms with van der Waals surface area (Å²) in [5, 5.41) is 3.75. The van der Waals surface area contributed by atoms with E-state index in [1.165, 1.54) is 11.1 Å². The summed E-state index contributed by atoms with van der Waals surface area (Å²) in [4.78, 5) is 0. The van der Waals surface area contributed by atoms with Crippen LogP contribution in [0.25, 0.3) is 0 Å². The Balaban J connectivity index is 2.05. The molecule has 0 amide bonds. The van der Waals surface area contributed by atoms with Crippen LogP contribution in [0.15, 0.2) is 36.4 Å². The van der Waals surface area contributed by atoms with E-state index in [2.05, 4.69) is 37.4 Å². The van der Waals surface area contributed by atoms with Crippen molar-refractivity contribution in [3.8, 4) is 5.75 Å². The molecule has 1 N–H and O–H groups in total. The molecule has 0 aliphatic rings. The third kappa shape index (κ3) is 3.75. The normalized spacial score (nSPS) is 10.6. The predicted molar refractivity (Wildman–Crippen MR) is 84.5 cm³/mol. The van der Waals surface area contributed by atoms with E-state index in [1.54, 1.807) is 0 Å². The van der Waals surface area contributed by atoms with Gasteiger partial charge >= 0.3 is 0 Å². The molecule has 0 atom stereocenters. The largest absolute Gasteiger partial charge is 0.487 e. The molecule has 0 unspecified atom stereocenters. The molecule has 0 saturated heterocycles. The maximum Gasteiger partial charge on any atom is 0.138 e. The van der Waals surface area contributed by atoms with Crippen LogP contribution in [0.5, 0.6) is 5.75 Å². The summed E-state index contributed by atoms with van der Waals surface area (Å²) < 4.78 is 5.80. The monoisotopic (exact) mass is 289 g/mol. The molecule has 106 valence electrons. The Morgan fingerprint density at radius 3 is 2.40 bits per heavy atom. The van der Waals surface area contributed by atoms with Gasteiger partial charge in [0.15, 0.2) is 0 Å². The first-order valence-electron chi connectivity index (χ1n) is 6.72. The summed E-state index contributed by atoms with van der Waals surface area (Å²) >= 11 is 6.24. The van der Waals surface area contributed by atoms with Gasteiger partial charge in [0.05, 0.1) is 5.02 Å². The lowest BCUT2D eigenvalue weighted by molar-refractivity contribution is 0.306. The molecule has 2 nitrogen and oxygen atoms in total.